The van der Waals surface area contributed by atoms with Gasteiger partial charge in [-0.25, -0.2) is 18.2 Å². The quantitative estimate of drug-likeness (QED) is 0.139. The Balaban J connectivity index is 1.91. The SMILES string of the molecule is C=CC(=O)N1[C@H](C)CN(c2c(C#N)c(=O)n([C@H]3C(C(C)C)=NC=C[C@H]3C)c3nc(-c4c(N)c(F)c(F)c(Cl)c4F)c(Cl)cc23)C[C@@H]1C. The molecule has 1 aromatic carbocycles. The number of hydrogen-bond donors (Lipinski definition) is 1. The van der Waals surface area contributed by atoms with Crippen LogP contribution < -0.4 is 16.2 Å². The van der Waals surface area contributed by atoms with E-state index in [1.54, 1.807) is 17.2 Å². The number of aliphatic imine (C=N–C) groups is 1. The fourth-order valence-corrected chi connectivity index (χ4v) is 7.07. The maximum absolute atomic E-state index is 15.5. The van der Waals surface area contributed by atoms with Crippen LogP contribution in [-0.2, 0) is 4.79 Å². The molecule has 2 aliphatic heterocycles. The summed E-state index contributed by atoms with van der Waals surface area (Å²) in [5.41, 5.74) is 3.81. The molecule has 1 saturated heterocycles. The topological polar surface area (TPSA) is 121 Å². The third-order valence-electron chi connectivity index (χ3n) is 8.71. The lowest BCUT2D eigenvalue weighted by Gasteiger charge is -2.45. The van der Waals surface area contributed by atoms with Crippen molar-refractivity contribution in [2.24, 2.45) is 16.8 Å². The first-order valence-electron chi connectivity index (χ1n) is 14.9. The van der Waals surface area contributed by atoms with Crippen molar-refractivity contribution >= 4 is 57.2 Å². The molecule has 4 heterocycles. The van der Waals surface area contributed by atoms with E-state index in [-0.39, 0.29) is 75.9 Å². The number of nitrogens with two attached hydrogens (primary N) is 1. The van der Waals surface area contributed by atoms with E-state index in [0.717, 1.165) is 0 Å². The summed E-state index contributed by atoms with van der Waals surface area (Å²) in [6, 6.07) is 2.05. The van der Waals surface area contributed by atoms with Crippen molar-refractivity contribution in [3.05, 3.63) is 74.4 Å². The van der Waals surface area contributed by atoms with E-state index in [2.05, 4.69) is 22.6 Å². The molecule has 0 unspecified atom stereocenters. The van der Waals surface area contributed by atoms with Crippen LogP contribution in [-0.4, -0.2) is 51.2 Å². The molecule has 246 valence electrons. The van der Waals surface area contributed by atoms with Crippen LogP contribution in [0, 0.1) is 40.6 Å². The summed E-state index contributed by atoms with van der Waals surface area (Å²) >= 11 is 12.5. The Morgan fingerprint density at radius 1 is 1.15 bits per heavy atom. The van der Waals surface area contributed by atoms with Gasteiger partial charge in [-0.2, -0.15) is 5.26 Å². The number of allylic oxidation sites excluding steroid dienone is 1. The minimum Gasteiger partial charge on any atom is -0.396 e. The van der Waals surface area contributed by atoms with E-state index in [4.69, 9.17) is 28.9 Å². The van der Waals surface area contributed by atoms with Gasteiger partial charge in [0.25, 0.3) is 5.56 Å². The van der Waals surface area contributed by atoms with Crippen molar-refractivity contribution in [1.29, 1.82) is 5.26 Å². The van der Waals surface area contributed by atoms with Crippen molar-refractivity contribution in [2.45, 2.75) is 52.7 Å². The summed E-state index contributed by atoms with van der Waals surface area (Å²) in [5.74, 6) is -5.35. The minimum absolute atomic E-state index is 0.0199. The standard InChI is InChI=1S/C33H32Cl2F3N7O2/c1-7-21(46)44-16(5)12-43(13-17(44)6)31-18-10-20(34)29(22-24(36)23(35)25(37)26(38)27(22)40)42-32(18)45(33(47)19(31)11-39)30-15(4)8-9-41-28(30)14(2)3/h7-10,14-17,30H,1,12-13,40H2,2-6H3/t15-,16-,17+,30-/m1/s1. The highest BCUT2D eigenvalue weighted by molar-refractivity contribution is 6.34. The Kier molecular flexibility index (Phi) is 9.18. The number of carbonyl (C=O) groups excluding carboxylic acids is 1. The van der Waals surface area contributed by atoms with Crippen LogP contribution >= 0.6 is 23.2 Å². The summed E-state index contributed by atoms with van der Waals surface area (Å²) in [4.78, 5) is 39.9. The number of piperazine rings is 1. The highest BCUT2D eigenvalue weighted by Crippen LogP contribution is 2.43. The summed E-state index contributed by atoms with van der Waals surface area (Å²) in [7, 11) is 0. The summed E-state index contributed by atoms with van der Waals surface area (Å²) in [6.45, 7) is 13.4. The number of fused-ring (bicyclic) bond motifs is 1. The van der Waals surface area contributed by atoms with Gasteiger partial charge in [0, 0.05) is 48.4 Å². The number of anilines is 2. The number of halogens is 5. The first-order chi connectivity index (χ1) is 22.2. The van der Waals surface area contributed by atoms with Crippen LogP contribution in [0.2, 0.25) is 10.0 Å². The number of nitriles is 1. The van der Waals surface area contributed by atoms with E-state index in [0.29, 0.717) is 5.71 Å². The van der Waals surface area contributed by atoms with Gasteiger partial charge >= 0.3 is 0 Å². The number of hydrogen-bond acceptors (Lipinski definition) is 7. The Morgan fingerprint density at radius 2 is 1.79 bits per heavy atom. The first-order valence-corrected chi connectivity index (χ1v) is 15.7. The van der Waals surface area contributed by atoms with Crippen molar-refractivity contribution in [3.63, 3.8) is 0 Å². The molecule has 4 atom stereocenters. The van der Waals surface area contributed by atoms with E-state index in [9.17, 15) is 23.6 Å². The van der Waals surface area contributed by atoms with Crippen LogP contribution in [0.25, 0.3) is 22.3 Å². The lowest BCUT2D eigenvalue weighted by molar-refractivity contribution is -0.130. The van der Waals surface area contributed by atoms with Crippen LogP contribution in [0.4, 0.5) is 24.5 Å². The van der Waals surface area contributed by atoms with E-state index in [1.165, 1.54) is 16.7 Å². The predicted octanol–water partition coefficient (Wildman–Crippen LogP) is 6.65. The highest BCUT2D eigenvalue weighted by atomic mass is 35.5. The molecule has 1 fully saturated rings. The molecule has 0 radical (unpaired) electrons. The molecule has 0 aliphatic carbocycles. The van der Waals surface area contributed by atoms with Gasteiger partial charge in [-0.3, -0.25) is 19.1 Å². The molecular weight excluding hydrogens is 654 g/mol. The number of benzene rings is 1. The normalized spacial score (nSPS) is 21.3. The van der Waals surface area contributed by atoms with Crippen LogP contribution in [0.5, 0.6) is 0 Å². The van der Waals surface area contributed by atoms with Gasteiger partial charge in [-0.15, -0.1) is 0 Å². The minimum atomic E-state index is -1.67. The number of nitrogen functional groups attached to an aromatic ring is 1. The fraction of sp³-hybridized carbons (Fsp3) is 0.364. The molecule has 2 N–H and O–H groups in total. The van der Waals surface area contributed by atoms with Gasteiger partial charge in [-0.1, -0.05) is 56.6 Å². The van der Waals surface area contributed by atoms with E-state index >= 15 is 4.39 Å². The second kappa shape index (κ2) is 12.7. The first kappa shape index (κ1) is 34.0. The number of rotatable bonds is 5. The maximum Gasteiger partial charge on any atom is 0.272 e. The molecule has 3 aromatic rings. The highest BCUT2D eigenvalue weighted by Gasteiger charge is 2.38. The third-order valence-corrected chi connectivity index (χ3v) is 9.33. The lowest BCUT2D eigenvalue weighted by atomic mass is 9.88. The van der Waals surface area contributed by atoms with Crippen molar-refractivity contribution in [2.75, 3.05) is 23.7 Å². The lowest BCUT2D eigenvalue weighted by Crippen LogP contribution is -2.58. The molecule has 0 bridgehead atoms. The number of nitrogens with zero attached hydrogens (tertiary/aromatic N) is 6. The molecule has 9 nitrogen and oxygen atoms in total. The van der Waals surface area contributed by atoms with Gasteiger partial charge in [0.15, 0.2) is 17.5 Å². The van der Waals surface area contributed by atoms with Gasteiger partial charge in [0.05, 0.1) is 33.7 Å². The monoisotopic (exact) mass is 685 g/mol. The Hall–Kier alpha value is -4.34. The summed E-state index contributed by atoms with van der Waals surface area (Å²) < 4.78 is 46.0. The zero-order valence-corrected chi connectivity index (χ0v) is 27.8. The van der Waals surface area contributed by atoms with Gasteiger partial charge in [-0.05, 0) is 31.9 Å². The van der Waals surface area contributed by atoms with Gasteiger partial charge in [0.2, 0.25) is 5.91 Å². The summed E-state index contributed by atoms with van der Waals surface area (Å²) in [6.07, 6.45) is 4.68. The predicted molar refractivity (Wildman–Crippen MR) is 178 cm³/mol. The second-order valence-corrected chi connectivity index (χ2v) is 12.9. The van der Waals surface area contributed by atoms with Crippen molar-refractivity contribution in [3.8, 4) is 17.3 Å². The zero-order valence-electron chi connectivity index (χ0n) is 26.3. The van der Waals surface area contributed by atoms with Crippen molar-refractivity contribution in [1.82, 2.24) is 14.5 Å². The third kappa shape index (κ3) is 5.45. The molecule has 14 heteroatoms. The molecular formula is C33H32Cl2F3N7O2. The fourth-order valence-electron chi connectivity index (χ4n) is 6.65. The maximum atomic E-state index is 15.5. The molecule has 47 heavy (non-hydrogen) atoms. The largest absolute Gasteiger partial charge is 0.396 e. The number of pyridine rings is 2. The average Bonchev–Trinajstić information content (AvgIpc) is 3.02. The number of amides is 1. The van der Waals surface area contributed by atoms with E-state index in [1.807, 2.05) is 39.5 Å². The van der Waals surface area contributed by atoms with Crippen molar-refractivity contribution < 1.29 is 18.0 Å². The molecule has 0 spiro atoms. The van der Waals surface area contributed by atoms with E-state index < -0.39 is 45.3 Å². The van der Waals surface area contributed by atoms with Crippen LogP contribution in [0.3, 0.4) is 0 Å². The Bertz CT molecular complexity index is 1960. The number of aromatic nitrogens is 2. The average molecular weight is 687 g/mol. The molecule has 0 saturated carbocycles. The molecule has 5 rings (SSSR count). The second-order valence-electron chi connectivity index (χ2n) is 12.2. The summed E-state index contributed by atoms with van der Waals surface area (Å²) in [5, 5.41) is 9.39. The molecule has 2 aromatic heterocycles. The number of carbonyl (C=O) groups is 1. The molecule has 2 aliphatic rings. The Labute approximate surface area is 279 Å². The Morgan fingerprint density at radius 3 is 2.36 bits per heavy atom. The molecule has 1 amide bonds. The zero-order chi connectivity index (χ0) is 34.6. The van der Waals surface area contributed by atoms with Crippen LogP contribution in [0.15, 0.2) is 40.8 Å². The van der Waals surface area contributed by atoms with Gasteiger partial charge in [0.1, 0.15) is 22.3 Å². The van der Waals surface area contributed by atoms with Gasteiger partial charge < -0.3 is 15.5 Å². The smallest absolute Gasteiger partial charge is 0.272 e. The van der Waals surface area contributed by atoms with Crippen LogP contribution in [0.1, 0.15) is 46.2 Å².